The first-order valence-electron chi connectivity index (χ1n) is 7.51. The number of nitrogens with zero attached hydrogens (tertiary/aromatic N) is 1. The number of hydrogen-bond donors (Lipinski definition) is 2. The second-order valence-corrected chi connectivity index (χ2v) is 7.79. The fourth-order valence-electron chi connectivity index (χ4n) is 2.81. The van der Waals surface area contributed by atoms with Crippen LogP contribution in [-0.4, -0.2) is 44.9 Å². The van der Waals surface area contributed by atoms with Crippen LogP contribution in [0, 0.1) is 5.92 Å². The number of benzene rings is 1. The molecule has 128 valence electrons. The van der Waals surface area contributed by atoms with Gasteiger partial charge in [0.25, 0.3) is 5.91 Å². The van der Waals surface area contributed by atoms with E-state index in [2.05, 4.69) is 0 Å². The Hall–Kier alpha value is -1.64. The molecule has 1 aromatic carbocycles. The molecule has 1 aromatic rings. The predicted octanol–water partition coefficient (Wildman–Crippen LogP) is 0.542. The molecule has 1 heterocycles. The summed E-state index contributed by atoms with van der Waals surface area (Å²) in [4.78, 5) is 11.5. The highest BCUT2D eigenvalue weighted by molar-refractivity contribution is 7.89. The van der Waals surface area contributed by atoms with Crippen molar-refractivity contribution in [3.63, 3.8) is 0 Å². The van der Waals surface area contributed by atoms with Gasteiger partial charge in [-0.25, -0.2) is 8.42 Å². The van der Waals surface area contributed by atoms with E-state index < -0.39 is 15.9 Å². The van der Waals surface area contributed by atoms with E-state index in [9.17, 15) is 13.2 Å². The van der Waals surface area contributed by atoms with E-state index in [4.69, 9.17) is 16.2 Å². The lowest BCUT2D eigenvalue weighted by atomic mass is 9.93. The van der Waals surface area contributed by atoms with Crippen LogP contribution in [0.2, 0.25) is 0 Å². The Balaban J connectivity index is 2.36. The first-order valence-corrected chi connectivity index (χ1v) is 8.95. The summed E-state index contributed by atoms with van der Waals surface area (Å²) in [6, 6.07) is 4.08. The molecule has 23 heavy (non-hydrogen) atoms. The number of primary amides is 1. The number of carbonyl (C=O) groups excluding carboxylic acids is 1. The summed E-state index contributed by atoms with van der Waals surface area (Å²) >= 11 is 0. The lowest BCUT2D eigenvalue weighted by molar-refractivity contribution is 0.0997. The minimum absolute atomic E-state index is 0.0393. The Bertz CT molecular complexity index is 688. The third kappa shape index (κ3) is 3.65. The van der Waals surface area contributed by atoms with Crippen LogP contribution in [-0.2, 0) is 10.0 Å². The molecule has 4 N–H and O–H groups in total. The van der Waals surface area contributed by atoms with Crippen molar-refractivity contribution in [2.75, 3.05) is 20.2 Å². The fraction of sp³-hybridized carbons (Fsp3) is 0.533. The maximum atomic E-state index is 12.8. The van der Waals surface area contributed by atoms with Gasteiger partial charge in [-0.2, -0.15) is 4.31 Å². The Morgan fingerprint density at radius 2 is 2.13 bits per heavy atom. The molecular formula is C15H23N3O4S. The molecule has 2 unspecified atom stereocenters. The Morgan fingerprint density at radius 3 is 2.70 bits per heavy atom. The third-order valence-corrected chi connectivity index (χ3v) is 6.10. The molecule has 0 radical (unpaired) electrons. The SMILES string of the molecule is COc1ccc(S(=O)(=O)N2CCCC(C(C)N)C2)cc1C(N)=O. The lowest BCUT2D eigenvalue weighted by Gasteiger charge is -2.33. The van der Waals surface area contributed by atoms with Crippen molar-refractivity contribution >= 4 is 15.9 Å². The van der Waals surface area contributed by atoms with Crippen molar-refractivity contribution in [2.45, 2.75) is 30.7 Å². The van der Waals surface area contributed by atoms with E-state index in [0.717, 1.165) is 12.8 Å². The number of piperidine rings is 1. The largest absolute Gasteiger partial charge is 0.496 e. The zero-order valence-corrected chi connectivity index (χ0v) is 14.2. The molecule has 0 saturated carbocycles. The summed E-state index contributed by atoms with van der Waals surface area (Å²) in [7, 11) is -2.30. The molecule has 1 aliphatic rings. The maximum Gasteiger partial charge on any atom is 0.252 e. The Kier molecular flexibility index (Phi) is 5.28. The number of nitrogens with two attached hydrogens (primary N) is 2. The van der Waals surface area contributed by atoms with Gasteiger partial charge in [0.15, 0.2) is 0 Å². The van der Waals surface area contributed by atoms with Gasteiger partial charge in [0, 0.05) is 19.1 Å². The second-order valence-electron chi connectivity index (χ2n) is 5.85. The number of rotatable bonds is 5. The average molecular weight is 341 g/mol. The van der Waals surface area contributed by atoms with Gasteiger partial charge in [-0.05, 0) is 43.9 Å². The first kappa shape index (κ1) is 17.7. The highest BCUT2D eigenvalue weighted by Crippen LogP contribution is 2.28. The molecule has 0 aliphatic carbocycles. The highest BCUT2D eigenvalue weighted by atomic mass is 32.2. The molecule has 7 nitrogen and oxygen atoms in total. The van der Waals surface area contributed by atoms with Gasteiger partial charge >= 0.3 is 0 Å². The minimum Gasteiger partial charge on any atom is -0.496 e. The number of amides is 1. The fourth-order valence-corrected chi connectivity index (χ4v) is 4.37. The molecule has 1 saturated heterocycles. The van der Waals surface area contributed by atoms with Crippen LogP contribution in [0.15, 0.2) is 23.1 Å². The molecular weight excluding hydrogens is 318 g/mol. The first-order chi connectivity index (χ1) is 10.8. The molecule has 2 atom stereocenters. The molecule has 0 bridgehead atoms. The quantitative estimate of drug-likeness (QED) is 0.811. The summed E-state index contributed by atoms with van der Waals surface area (Å²) in [5.74, 6) is -0.345. The molecule has 8 heteroatoms. The summed E-state index contributed by atoms with van der Waals surface area (Å²) in [6.45, 7) is 2.72. The second kappa shape index (κ2) is 6.86. The minimum atomic E-state index is -3.70. The van der Waals surface area contributed by atoms with Gasteiger partial charge in [-0.3, -0.25) is 4.79 Å². The third-order valence-electron chi connectivity index (χ3n) is 4.24. The van der Waals surface area contributed by atoms with Crippen LogP contribution >= 0.6 is 0 Å². The zero-order valence-electron chi connectivity index (χ0n) is 13.4. The van der Waals surface area contributed by atoms with E-state index in [1.165, 1.54) is 29.6 Å². The van der Waals surface area contributed by atoms with Crippen molar-refractivity contribution in [3.05, 3.63) is 23.8 Å². The van der Waals surface area contributed by atoms with E-state index >= 15 is 0 Å². The van der Waals surface area contributed by atoms with Gasteiger partial charge in [-0.1, -0.05) is 0 Å². The predicted molar refractivity (Wildman–Crippen MR) is 86.6 cm³/mol. The highest BCUT2D eigenvalue weighted by Gasteiger charge is 2.32. The smallest absolute Gasteiger partial charge is 0.252 e. The Labute approximate surface area is 136 Å². The number of carbonyl (C=O) groups is 1. The molecule has 1 amide bonds. The van der Waals surface area contributed by atoms with Crippen molar-refractivity contribution < 1.29 is 17.9 Å². The van der Waals surface area contributed by atoms with Gasteiger partial charge in [0.2, 0.25) is 10.0 Å². The average Bonchev–Trinajstić information content (AvgIpc) is 2.54. The van der Waals surface area contributed by atoms with E-state index in [0.29, 0.717) is 13.1 Å². The van der Waals surface area contributed by atoms with Crippen LogP contribution in [0.5, 0.6) is 5.75 Å². The number of hydrogen-bond acceptors (Lipinski definition) is 5. The van der Waals surface area contributed by atoms with Crippen LogP contribution in [0.4, 0.5) is 0 Å². The van der Waals surface area contributed by atoms with E-state index in [-0.39, 0.29) is 28.2 Å². The van der Waals surface area contributed by atoms with Gasteiger partial charge in [-0.15, -0.1) is 0 Å². The number of sulfonamides is 1. The summed E-state index contributed by atoms with van der Waals surface area (Å²) < 4.78 is 32.1. The van der Waals surface area contributed by atoms with Crippen LogP contribution in [0.1, 0.15) is 30.1 Å². The van der Waals surface area contributed by atoms with Crippen molar-refractivity contribution in [1.29, 1.82) is 0 Å². The Morgan fingerprint density at radius 1 is 1.43 bits per heavy atom. The monoisotopic (exact) mass is 341 g/mol. The van der Waals surface area contributed by atoms with Crippen LogP contribution < -0.4 is 16.2 Å². The lowest BCUT2D eigenvalue weighted by Crippen LogP contribution is -2.45. The molecule has 1 fully saturated rings. The molecule has 2 rings (SSSR count). The van der Waals surface area contributed by atoms with E-state index in [1.807, 2.05) is 6.92 Å². The summed E-state index contributed by atoms with van der Waals surface area (Å²) in [6.07, 6.45) is 1.68. The molecule has 0 aromatic heterocycles. The maximum absolute atomic E-state index is 12.8. The normalized spacial score (nSPS) is 20.9. The summed E-state index contributed by atoms with van der Waals surface area (Å²) in [5.41, 5.74) is 11.3. The zero-order chi connectivity index (χ0) is 17.2. The van der Waals surface area contributed by atoms with Gasteiger partial charge in [0.1, 0.15) is 5.75 Å². The van der Waals surface area contributed by atoms with Crippen molar-refractivity contribution in [2.24, 2.45) is 17.4 Å². The summed E-state index contributed by atoms with van der Waals surface area (Å²) in [5, 5.41) is 0. The van der Waals surface area contributed by atoms with Gasteiger partial charge in [0.05, 0.1) is 17.6 Å². The van der Waals surface area contributed by atoms with Crippen LogP contribution in [0.3, 0.4) is 0 Å². The topological polar surface area (TPSA) is 116 Å². The van der Waals surface area contributed by atoms with Crippen molar-refractivity contribution in [3.8, 4) is 5.75 Å². The molecule has 1 aliphatic heterocycles. The van der Waals surface area contributed by atoms with Crippen molar-refractivity contribution in [1.82, 2.24) is 4.31 Å². The standard InChI is InChI=1S/C15H23N3O4S/c1-10(16)11-4-3-7-18(9-11)23(20,21)12-5-6-14(22-2)13(8-12)15(17)19/h5-6,8,10-11H,3-4,7,9,16H2,1-2H3,(H2,17,19). The number of methoxy groups -OCH3 is 1. The molecule has 0 spiro atoms. The number of ether oxygens (including phenoxy) is 1. The van der Waals surface area contributed by atoms with Crippen LogP contribution in [0.25, 0.3) is 0 Å². The van der Waals surface area contributed by atoms with Gasteiger partial charge < -0.3 is 16.2 Å². The van der Waals surface area contributed by atoms with E-state index in [1.54, 1.807) is 0 Å².